The maximum atomic E-state index is 6.31. The molecule has 0 aromatic carbocycles. The molecule has 4 N–H and O–H groups in total. The molecule has 272 valence electrons. The van der Waals surface area contributed by atoms with Crippen molar-refractivity contribution in [2.24, 2.45) is 11.5 Å². The van der Waals surface area contributed by atoms with Crippen LogP contribution in [0.4, 0.5) is 0 Å². The zero-order chi connectivity index (χ0) is 32.7. The topological polar surface area (TPSA) is 55.3 Å². The number of nitrogens with zero attached hydrogens (tertiary/aromatic N) is 1. The van der Waals surface area contributed by atoms with Crippen LogP contribution in [0.1, 0.15) is 239 Å². The number of nitrogens with two attached hydrogens (primary N) is 2. The molecule has 0 bridgehead atoms. The minimum Gasteiger partial charge on any atom is -0.330 e. The number of unbranched alkanes of at least 4 members (excludes halogenated alkanes) is 31. The third-order valence-corrected chi connectivity index (χ3v) is 10.4. The lowest BCUT2D eigenvalue weighted by atomic mass is 10.0. The molecule has 0 amide bonds. The van der Waals surface area contributed by atoms with Crippen molar-refractivity contribution in [1.29, 1.82) is 0 Å². The molecule has 3 heteroatoms. The lowest BCUT2D eigenvalue weighted by Crippen LogP contribution is -2.42. The summed E-state index contributed by atoms with van der Waals surface area (Å²) < 4.78 is 0. The lowest BCUT2D eigenvalue weighted by Gasteiger charge is -2.31. The van der Waals surface area contributed by atoms with Gasteiger partial charge in [0, 0.05) is 12.6 Å². The van der Waals surface area contributed by atoms with Crippen LogP contribution < -0.4 is 11.5 Å². The van der Waals surface area contributed by atoms with Crippen LogP contribution >= 0.6 is 0 Å². The minimum absolute atomic E-state index is 0.559. The molecule has 3 nitrogen and oxygen atoms in total. The van der Waals surface area contributed by atoms with E-state index in [2.05, 4.69) is 18.7 Å². The van der Waals surface area contributed by atoms with Crippen molar-refractivity contribution >= 4 is 0 Å². The van der Waals surface area contributed by atoms with Gasteiger partial charge in [0.1, 0.15) is 0 Å². The lowest BCUT2D eigenvalue weighted by molar-refractivity contribution is 0.180. The van der Waals surface area contributed by atoms with Crippen molar-refractivity contribution in [1.82, 2.24) is 4.90 Å². The second-order valence-electron chi connectivity index (χ2n) is 14.8. The molecule has 0 rings (SSSR count). The van der Waals surface area contributed by atoms with Crippen LogP contribution in [0.3, 0.4) is 0 Å². The fourth-order valence-electron chi connectivity index (χ4n) is 7.18. The highest BCUT2D eigenvalue weighted by Crippen LogP contribution is 2.17. The van der Waals surface area contributed by atoms with Crippen LogP contribution in [0.25, 0.3) is 0 Å². The predicted molar refractivity (Wildman–Crippen MR) is 206 cm³/mol. The molecule has 0 aromatic rings. The van der Waals surface area contributed by atoms with Crippen molar-refractivity contribution in [3.8, 4) is 0 Å². The first kappa shape index (κ1) is 44.9. The molecule has 0 aliphatic rings. The van der Waals surface area contributed by atoms with Gasteiger partial charge in [-0.25, -0.2) is 0 Å². The molecule has 1 unspecified atom stereocenters. The fraction of sp³-hybridized carbons (Fsp3) is 1.00. The minimum atomic E-state index is 0.559. The Morgan fingerprint density at radius 3 is 0.844 bits per heavy atom. The fourth-order valence-corrected chi connectivity index (χ4v) is 7.18. The van der Waals surface area contributed by atoms with Crippen LogP contribution in [0.5, 0.6) is 0 Å². The van der Waals surface area contributed by atoms with Gasteiger partial charge in [-0.1, -0.05) is 213 Å². The maximum absolute atomic E-state index is 6.31. The van der Waals surface area contributed by atoms with Crippen molar-refractivity contribution < 1.29 is 0 Å². The molecule has 0 heterocycles. The van der Waals surface area contributed by atoms with Gasteiger partial charge in [0.15, 0.2) is 0 Å². The molecule has 45 heavy (non-hydrogen) atoms. The molecule has 0 aliphatic carbocycles. The van der Waals surface area contributed by atoms with Gasteiger partial charge in [-0.05, 0) is 45.3 Å². The van der Waals surface area contributed by atoms with E-state index in [0.29, 0.717) is 6.04 Å². The molecular weight excluding hydrogens is 546 g/mol. The Morgan fingerprint density at radius 1 is 0.333 bits per heavy atom. The highest BCUT2D eigenvalue weighted by atomic mass is 15.2. The first-order chi connectivity index (χ1) is 22.3. The van der Waals surface area contributed by atoms with Gasteiger partial charge in [-0.2, -0.15) is 0 Å². The van der Waals surface area contributed by atoms with Crippen molar-refractivity contribution in [3.63, 3.8) is 0 Å². The summed E-state index contributed by atoms with van der Waals surface area (Å²) in [4.78, 5) is 2.77. The monoisotopic (exact) mass is 636 g/mol. The largest absolute Gasteiger partial charge is 0.330 e. The van der Waals surface area contributed by atoms with E-state index in [4.69, 9.17) is 11.5 Å². The van der Waals surface area contributed by atoms with Gasteiger partial charge >= 0.3 is 0 Å². The molecule has 1 atom stereocenters. The van der Waals surface area contributed by atoms with E-state index < -0.39 is 0 Å². The maximum Gasteiger partial charge on any atom is 0.0218 e. The Balaban J connectivity index is 3.84. The number of rotatable bonds is 40. The first-order valence-corrected chi connectivity index (χ1v) is 21.4. The Labute approximate surface area is 286 Å². The van der Waals surface area contributed by atoms with Gasteiger partial charge in [0.2, 0.25) is 0 Å². The standard InChI is InChI=1S/C42H89N3/c1-3-5-7-9-11-13-15-17-19-21-23-25-27-29-31-35-39-45(42(41-44)37-33-34-38-43)40-36-32-30-28-26-24-22-20-18-16-14-12-10-8-6-4-2/h42H,3-41,43-44H2,1-2H3. The molecule has 0 fully saturated rings. The zero-order valence-electron chi connectivity index (χ0n) is 31.8. The van der Waals surface area contributed by atoms with Gasteiger partial charge < -0.3 is 11.5 Å². The number of hydrogen-bond acceptors (Lipinski definition) is 3. The van der Waals surface area contributed by atoms with E-state index in [1.807, 2.05) is 0 Å². The average Bonchev–Trinajstić information content (AvgIpc) is 3.05. The Hall–Kier alpha value is -0.120. The normalized spacial score (nSPS) is 12.5. The molecule has 0 spiro atoms. The summed E-state index contributed by atoms with van der Waals surface area (Å²) in [5.74, 6) is 0. The summed E-state index contributed by atoms with van der Waals surface area (Å²) in [5.41, 5.74) is 12.1. The first-order valence-electron chi connectivity index (χ1n) is 21.4. The van der Waals surface area contributed by atoms with Crippen LogP contribution in [-0.2, 0) is 0 Å². The molecular formula is C42H89N3. The predicted octanol–water partition coefficient (Wildman–Crippen LogP) is 13.3. The van der Waals surface area contributed by atoms with Gasteiger partial charge in [-0.15, -0.1) is 0 Å². The molecule has 0 saturated carbocycles. The summed E-state index contributed by atoms with van der Waals surface area (Å²) in [6, 6.07) is 0.559. The number of hydrogen-bond donors (Lipinski definition) is 2. The summed E-state index contributed by atoms with van der Waals surface area (Å²) in [5, 5.41) is 0. The van der Waals surface area contributed by atoms with Crippen LogP contribution in [0, 0.1) is 0 Å². The van der Waals surface area contributed by atoms with Crippen molar-refractivity contribution in [2.75, 3.05) is 26.2 Å². The van der Waals surface area contributed by atoms with E-state index in [-0.39, 0.29) is 0 Å². The molecule has 0 radical (unpaired) electrons. The van der Waals surface area contributed by atoms with Crippen molar-refractivity contribution in [2.45, 2.75) is 245 Å². The van der Waals surface area contributed by atoms with E-state index in [0.717, 1.165) is 19.5 Å². The highest BCUT2D eigenvalue weighted by molar-refractivity contribution is 4.73. The molecule has 0 aliphatic heterocycles. The highest BCUT2D eigenvalue weighted by Gasteiger charge is 2.16. The SMILES string of the molecule is CCCCCCCCCCCCCCCCCCN(CCCCCCCCCCCCCCCCCC)C(CN)CCCCN. The van der Waals surface area contributed by atoms with Gasteiger partial charge in [-0.3, -0.25) is 4.90 Å². The quantitative estimate of drug-likeness (QED) is 0.0659. The van der Waals surface area contributed by atoms with Gasteiger partial charge in [0.25, 0.3) is 0 Å². The molecule has 0 aromatic heterocycles. The third-order valence-electron chi connectivity index (χ3n) is 10.4. The van der Waals surface area contributed by atoms with Crippen LogP contribution in [-0.4, -0.2) is 37.1 Å². The molecule has 0 saturated heterocycles. The van der Waals surface area contributed by atoms with E-state index in [1.54, 1.807) is 0 Å². The summed E-state index contributed by atoms with van der Waals surface area (Å²) in [7, 11) is 0. The third kappa shape index (κ3) is 35.0. The van der Waals surface area contributed by atoms with E-state index >= 15 is 0 Å². The van der Waals surface area contributed by atoms with Crippen LogP contribution in [0.2, 0.25) is 0 Å². The summed E-state index contributed by atoms with van der Waals surface area (Å²) >= 11 is 0. The second-order valence-corrected chi connectivity index (χ2v) is 14.8. The Kier molecular flexibility index (Phi) is 39.9. The average molecular weight is 636 g/mol. The second kappa shape index (κ2) is 40.1. The summed E-state index contributed by atoms with van der Waals surface area (Å²) in [6.45, 7) is 8.74. The smallest absolute Gasteiger partial charge is 0.0218 e. The van der Waals surface area contributed by atoms with E-state index in [9.17, 15) is 0 Å². The summed E-state index contributed by atoms with van der Waals surface area (Å²) in [6.07, 6.45) is 49.7. The van der Waals surface area contributed by atoms with Crippen LogP contribution in [0.15, 0.2) is 0 Å². The zero-order valence-corrected chi connectivity index (χ0v) is 31.8. The Bertz CT molecular complexity index is 474. The van der Waals surface area contributed by atoms with E-state index in [1.165, 1.54) is 231 Å². The van der Waals surface area contributed by atoms with Gasteiger partial charge in [0.05, 0.1) is 0 Å². The Morgan fingerprint density at radius 2 is 0.600 bits per heavy atom. The van der Waals surface area contributed by atoms with Crippen molar-refractivity contribution in [3.05, 3.63) is 0 Å².